The van der Waals surface area contributed by atoms with Crippen LogP contribution in [0.15, 0.2) is 17.8 Å². The van der Waals surface area contributed by atoms with Gasteiger partial charge in [0.05, 0.1) is 10.9 Å². The van der Waals surface area contributed by atoms with Crippen molar-refractivity contribution >= 4 is 27.4 Å². The van der Waals surface area contributed by atoms with Crippen LogP contribution in [-0.2, 0) is 0 Å². The Balaban J connectivity index is 1.85. The van der Waals surface area contributed by atoms with Gasteiger partial charge in [0, 0.05) is 13.1 Å². The highest BCUT2D eigenvalue weighted by atomic mass is 32.1. The van der Waals surface area contributed by atoms with Gasteiger partial charge < -0.3 is 10.6 Å². The van der Waals surface area contributed by atoms with E-state index in [0.29, 0.717) is 0 Å². The Hall–Kier alpha value is -1.20. The summed E-state index contributed by atoms with van der Waals surface area (Å²) < 4.78 is 0. The number of hydrogen-bond donors (Lipinski definition) is 1. The zero-order valence-corrected chi connectivity index (χ0v) is 10.7. The van der Waals surface area contributed by atoms with Gasteiger partial charge in [-0.05, 0) is 17.9 Å². The number of anilines is 1. The fourth-order valence-corrected chi connectivity index (χ4v) is 3.28. The molecule has 17 heavy (non-hydrogen) atoms. The lowest BCUT2D eigenvalue weighted by Crippen LogP contribution is -2.67. The van der Waals surface area contributed by atoms with E-state index < -0.39 is 0 Å². The van der Waals surface area contributed by atoms with Gasteiger partial charge in [-0.2, -0.15) is 0 Å². The van der Waals surface area contributed by atoms with E-state index in [1.807, 2.05) is 0 Å². The van der Waals surface area contributed by atoms with E-state index in [9.17, 15) is 0 Å². The molecule has 0 unspecified atom stereocenters. The van der Waals surface area contributed by atoms with Gasteiger partial charge in [0.15, 0.2) is 0 Å². The van der Waals surface area contributed by atoms with Crippen molar-refractivity contribution < 1.29 is 0 Å². The molecule has 3 heterocycles. The Morgan fingerprint density at radius 3 is 3.06 bits per heavy atom. The lowest BCUT2D eigenvalue weighted by Gasteiger charge is -2.48. The average Bonchev–Trinajstić information content (AvgIpc) is 2.73. The zero-order valence-electron chi connectivity index (χ0n) is 9.89. The SMILES string of the molecule is CCCC1(N)CN(c2ncnc3sccc23)C1. The van der Waals surface area contributed by atoms with Gasteiger partial charge in [0.1, 0.15) is 17.0 Å². The van der Waals surface area contributed by atoms with Gasteiger partial charge >= 0.3 is 0 Å². The molecule has 0 radical (unpaired) electrons. The van der Waals surface area contributed by atoms with Crippen LogP contribution in [0, 0.1) is 0 Å². The summed E-state index contributed by atoms with van der Waals surface area (Å²) in [5.74, 6) is 1.04. The van der Waals surface area contributed by atoms with Crippen molar-refractivity contribution in [3.8, 4) is 0 Å². The second kappa shape index (κ2) is 3.92. The number of nitrogens with zero attached hydrogens (tertiary/aromatic N) is 3. The van der Waals surface area contributed by atoms with E-state index in [2.05, 4.69) is 33.2 Å². The largest absolute Gasteiger partial charge is 0.352 e. The summed E-state index contributed by atoms with van der Waals surface area (Å²) in [6.07, 6.45) is 3.87. The molecule has 1 aliphatic rings. The van der Waals surface area contributed by atoms with E-state index >= 15 is 0 Å². The molecule has 4 nitrogen and oxygen atoms in total. The number of nitrogens with two attached hydrogens (primary N) is 1. The molecular formula is C12H16N4S. The molecule has 0 amide bonds. The molecule has 1 saturated heterocycles. The van der Waals surface area contributed by atoms with E-state index in [-0.39, 0.29) is 5.54 Å². The number of hydrogen-bond acceptors (Lipinski definition) is 5. The summed E-state index contributed by atoms with van der Waals surface area (Å²) in [4.78, 5) is 12.0. The van der Waals surface area contributed by atoms with Gasteiger partial charge in [-0.25, -0.2) is 9.97 Å². The molecule has 5 heteroatoms. The number of fused-ring (bicyclic) bond motifs is 1. The van der Waals surface area contributed by atoms with Crippen LogP contribution in [0.5, 0.6) is 0 Å². The van der Waals surface area contributed by atoms with Crippen LogP contribution in [0.4, 0.5) is 5.82 Å². The van der Waals surface area contributed by atoms with Gasteiger partial charge in [-0.1, -0.05) is 13.3 Å². The third kappa shape index (κ3) is 1.79. The molecule has 0 spiro atoms. The summed E-state index contributed by atoms with van der Waals surface area (Å²) in [6.45, 7) is 3.99. The summed E-state index contributed by atoms with van der Waals surface area (Å²) in [6, 6.07) is 2.09. The molecule has 2 aromatic rings. The van der Waals surface area contributed by atoms with Gasteiger partial charge in [-0.15, -0.1) is 11.3 Å². The van der Waals surface area contributed by atoms with Crippen molar-refractivity contribution in [2.24, 2.45) is 5.73 Å². The maximum atomic E-state index is 6.28. The molecular weight excluding hydrogens is 232 g/mol. The van der Waals surface area contributed by atoms with E-state index in [0.717, 1.165) is 42.0 Å². The smallest absolute Gasteiger partial charge is 0.140 e. The standard InChI is InChI=1S/C12H16N4S/c1-2-4-12(13)6-16(7-12)10-9-3-5-17-11(9)15-8-14-10/h3,5,8H,2,4,6-7,13H2,1H3. The lowest BCUT2D eigenvalue weighted by molar-refractivity contribution is 0.306. The number of aromatic nitrogens is 2. The Kier molecular flexibility index (Phi) is 2.52. The molecule has 0 aliphatic carbocycles. The maximum Gasteiger partial charge on any atom is 0.140 e. The summed E-state index contributed by atoms with van der Waals surface area (Å²) in [5.41, 5.74) is 6.27. The second-order valence-corrected chi connectivity index (χ2v) is 5.70. The monoisotopic (exact) mass is 248 g/mol. The fourth-order valence-electron chi connectivity index (χ4n) is 2.55. The predicted molar refractivity (Wildman–Crippen MR) is 71.5 cm³/mol. The maximum absolute atomic E-state index is 6.28. The highest BCUT2D eigenvalue weighted by Gasteiger charge is 2.39. The Bertz CT molecular complexity index is 530. The van der Waals surface area contributed by atoms with Gasteiger partial charge in [0.25, 0.3) is 0 Å². The molecule has 1 fully saturated rings. The Labute approximate surface area is 104 Å². The van der Waals surface area contributed by atoms with Crippen LogP contribution < -0.4 is 10.6 Å². The first-order valence-electron chi connectivity index (χ1n) is 5.94. The summed E-state index contributed by atoms with van der Waals surface area (Å²) in [5, 5.41) is 3.21. The summed E-state index contributed by atoms with van der Waals surface area (Å²) >= 11 is 1.65. The van der Waals surface area contributed by atoms with Crippen LogP contribution >= 0.6 is 11.3 Å². The van der Waals surface area contributed by atoms with Crippen molar-refractivity contribution in [1.82, 2.24) is 9.97 Å². The van der Waals surface area contributed by atoms with Gasteiger partial charge in [0.2, 0.25) is 0 Å². The van der Waals surface area contributed by atoms with Crippen molar-refractivity contribution in [3.63, 3.8) is 0 Å². The van der Waals surface area contributed by atoms with E-state index in [1.165, 1.54) is 0 Å². The molecule has 1 aliphatic heterocycles. The van der Waals surface area contributed by atoms with Crippen molar-refractivity contribution in [2.75, 3.05) is 18.0 Å². The normalized spacial score (nSPS) is 18.4. The molecule has 2 N–H and O–H groups in total. The highest BCUT2D eigenvalue weighted by Crippen LogP contribution is 2.33. The number of thiophene rings is 1. The third-order valence-electron chi connectivity index (χ3n) is 3.30. The Morgan fingerprint density at radius 2 is 2.29 bits per heavy atom. The van der Waals surface area contributed by atoms with Crippen LogP contribution in [0.3, 0.4) is 0 Å². The van der Waals surface area contributed by atoms with Crippen molar-refractivity contribution in [3.05, 3.63) is 17.8 Å². The molecule has 2 aromatic heterocycles. The predicted octanol–water partition coefficient (Wildman–Crippen LogP) is 2.01. The molecule has 3 rings (SSSR count). The molecule has 0 atom stereocenters. The van der Waals surface area contributed by atoms with Crippen molar-refractivity contribution in [1.29, 1.82) is 0 Å². The van der Waals surface area contributed by atoms with Crippen LogP contribution in [0.25, 0.3) is 10.2 Å². The van der Waals surface area contributed by atoms with Crippen LogP contribution in [-0.4, -0.2) is 28.6 Å². The average molecular weight is 248 g/mol. The summed E-state index contributed by atoms with van der Waals surface area (Å²) in [7, 11) is 0. The highest BCUT2D eigenvalue weighted by molar-refractivity contribution is 7.16. The minimum absolute atomic E-state index is 0.0119. The Morgan fingerprint density at radius 1 is 1.47 bits per heavy atom. The zero-order chi connectivity index (χ0) is 11.9. The van der Waals surface area contributed by atoms with Crippen molar-refractivity contribution in [2.45, 2.75) is 25.3 Å². The number of rotatable bonds is 3. The topological polar surface area (TPSA) is 55.0 Å². The molecule has 0 aromatic carbocycles. The van der Waals surface area contributed by atoms with Crippen LogP contribution in [0.2, 0.25) is 0 Å². The first-order chi connectivity index (χ1) is 8.22. The first kappa shape index (κ1) is 10.9. The first-order valence-corrected chi connectivity index (χ1v) is 6.82. The molecule has 0 bridgehead atoms. The van der Waals surface area contributed by atoms with E-state index in [4.69, 9.17) is 5.73 Å². The quantitative estimate of drug-likeness (QED) is 0.902. The lowest BCUT2D eigenvalue weighted by atomic mass is 9.86. The van der Waals surface area contributed by atoms with E-state index in [1.54, 1.807) is 17.7 Å². The second-order valence-electron chi connectivity index (χ2n) is 4.81. The van der Waals surface area contributed by atoms with Gasteiger partial charge in [-0.3, -0.25) is 0 Å². The third-order valence-corrected chi connectivity index (χ3v) is 4.12. The minimum Gasteiger partial charge on any atom is -0.352 e. The minimum atomic E-state index is -0.0119. The molecule has 90 valence electrons. The fraction of sp³-hybridized carbons (Fsp3) is 0.500. The molecule has 0 saturated carbocycles. The van der Waals surface area contributed by atoms with Crippen LogP contribution in [0.1, 0.15) is 19.8 Å².